The zero-order valence-electron chi connectivity index (χ0n) is 14.8. The standard InChI is InChI=1S/C17H36N2O2/c1-6-15(7-2)19(10-12-20-5)17(14-18)9-11-21-16(4,8-3)13-17/h15H,6-14,18H2,1-5H3. The van der Waals surface area contributed by atoms with Crippen molar-refractivity contribution in [2.24, 2.45) is 5.73 Å². The molecule has 2 unspecified atom stereocenters. The molecule has 0 aromatic rings. The quantitative estimate of drug-likeness (QED) is 0.711. The average Bonchev–Trinajstić information content (AvgIpc) is 2.51. The SMILES string of the molecule is CCC(CC)N(CCOC)C1(CN)CCOC(C)(CC)C1. The van der Waals surface area contributed by atoms with Gasteiger partial charge in [0.2, 0.25) is 0 Å². The Hall–Kier alpha value is -0.160. The van der Waals surface area contributed by atoms with Crippen LogP contribution in [0.1, 0.15) is 59.8 Å². The fourth-order valence-electron chi connectivity index (χ4n) is 3.81. The summed E-state index contributed by atoms with van der Waals surface area (Å²) in [5.74, 6) is 0. The monoisotopic (exact) mass is 300 g/mol. The molecule has 0 aromatic heterocycles. The maximum atomic E-state index is 6.30. The van der Waals surface area contributed by atoms with E-state index in [1.165, 1.54) is 0 Å². The van der Waals surface area contributed by atoms with Gasteiger partial charge in [-0.1, -0.05) is 20.8 Å². The van der Waals surface area contributed by atoms with Gasteiger partial charge >= 0.3 is 0 Å². The maximum Gasteiger partial charge on any atom is 0.0670 e. The molecule has 0 aromatic carbocycles. The minimum atomic E-state index is -0.0467. The van der Waals surface area contributed by atoms with Gasteiger partial charge in [0, 0.05) is 38.4 Å². The summed E-state index contributed by atoms with van der Waals surface area (Å²) in [6.45, 7) is 12.2. The summed E-state index contributed by atoms with van der Waals surface area (Å²) in [6.07, 6.45) is 5.40. The van der Waals surface area contributed by atoms with Gasteiger partial charge in [0.25, 0.3) is 0 Å². The number of rotatable bonds is 9. The van der Waals surface area contributed by atoms with Crippen LogP contribution >= 0.6 is 0 Å². The maximum absolute atomic E-state index is 6.30. The third kappa shape index (κ3) is 4.41. The highest BCUT2D eigenvalue weighted by Gasteiger charge is 2.46. The third-order valence-corrected chi connectivity index (χ3v) is 5.38. The first kappa shape index (κ1) is 18.9. The highest BCUT2D eigenvalue weighted by Crippen LogP contribution is 2.39. The lowest BCUT2D eigenvalue weighted by Gasteiger charge is -2.54. The second-order valence-electron chi connectivity index (χ2n) is 6.66. The van der Waals surface area contributed by atoms with E-state index in [4.69, 9.17) is 15.2 Å². The van der Waals surface area contributed by atoms with E-state index < -0.39 is 0 Å². The number of nitrogens with zero attached hydrogens (tertiary/aromatic N) is 1. The molecule has 4 heteroatoms. The minimum Gasteiger partial charge on any atom is -0.383 e. The number of methoxy groups -OCH3 is 1. The van der Waals surface area contributed by atoms with Crippen molar-refractivity contribution in [1.29, 1.82) is 0 Å². The molecule has 2 N–H and O–H groups in total. The van der Waals surface area contributed by atoms with E-state index in [2.05, 4.69) is 32.6 Å². The van der Waals surface area contributed by atoms with E-state index in [0.717, 1.165) is 51.9 Å². The van der Waals surface area contributed by atoms with Crippen LogP contribution in [0.15, 0.2) is 0 Å². The van der Waals surface area contributed by atoms with Crippen LogP contribution in [0, 0.1) is 0 Å². The molecule has 0 amide bonds. The highest BCUT2D eigenvalue weighted by molar-refractivity contribution is 5.02. The fraction of sp³-hybridized carbons (Fsp3) is 1.00. The number of hydrogen-bond donors (Lipinski definition) is 1. The zero-order chi connectivity index (χ0) is 15.9. The summed E-state index contributed by atoms with van der Waals surface area (Å²) in [6, 6.07) is 0.572. The molecule has 0 radical (unpaired) electrons. The molecule has 1 fully saturated rings. The molecule has 0 aliphatic carbocycles. The molecular formula is C17H36N2O2. The number of nitrogens with two attached hydrogens (primary N) is 1. The van der Waals surface area contributed by atoms with Crippen LogP contribution in [0.2, 0.25) is 0 Å². The minimum absolute atomic E-state index is 0.0467. The van der Waals surface area contributed by atoms with Crippen molar-refractivity contribution in [1.82, 2.24) is 4.90 Å². The summed E-state index contributed by atoms with van der Waals surface area (Å²) in [5.41, 5.74) is 6.30. The molecular weight excluding hydrogens is 264 g/mol. The number of ether oxygens (including phenoxy) is 2. The summed E-state index contributed by atoms with van der Waals surface area (Å²) in [4.78, 5) is 2.63. The summed E-state index contributed by atoms with van der Waals surface area (Å²) in [7, 11) is 1.78. The predicted octanol–water partition coefficient (Wildman–Crippen LogP) is 2.80. The highest BCUT2D eigenvalue weighted by atomic mass is 16.5. The fourth-order valence-corrected chi connectivity index (χ4v) is 3.81. The molecule has 0 bridgehead atoms. The molecule has 0 spiro atoms. The van der Waals surface area contributed by atoms with Gasteiger partial charge in [-0.3, -0.25) is 4.90 Å². The van der Waals surface area contributed by atoms with Crippen molar-refractivity contribution in [2.75, 3.05) is 33.4 Å². The Kier molecular flexibility index (Phi) is 7.62. The molecule has 126 valence electrons. The molecule has 1 aliphatic heterocycles. The lowest BCUT2D eigenvalue weighted by molar-refractivity contribution is -0.139. The Morgan fingerprint density at radius 1 is 1.29 bits per heavy atom. The van der Waals surface area contributed by atoms with Gasteiger partial charge in [-0.25, -0.2) is 0 Å². The molecule has 1 rings (SSSR count). The van der Waals surface area contributed by atoms with Crippen LogP contribution in [-0.4, -0.2) is 55.5 Å². The molecule has 4 nitrogen and oxygen atoms in total. The normalized spacial score (nSPS) is 30.3. The van der Waals surface area contributed by atoms with Gasteiger partial charge in [0.05, 0.1) is 12.2 Å². The smallest absolute Gasteiger partial charge is 0.0670 e. The second-order valence-corrected chi connectivity index (χ2v) is 6.66. The van der Waals surface area contributed by atoms with Crippen LogP contribution in [0.25, 0.3) is 0 Å². The predicted molar refractivity (Wildman–Crippen MR) is 88.6 cm³/mol. The van der Waals surface area contributed by atoms with Crippen molar-refractivity contribution in [3.05, 3.63) is 0 Å². The van der Waals surface area contributed by atoms with E-state index in [0.29, 0.717) is 12.6 Å². The molecule has 2 atom stereocenters. The van der Waals surface area contributed by atoms with Crippen molar-refractivity contribution in [3.63, 3.8) is 0 Å². The Morgan fingerprint density at radius 3 is 2.43 bits per heavy atom. The zero-order valence-corrected chi connectivity index (χ0v) is 14.8. The van der Waals surface area contributed by atoms with E-state index in [9.17, 15) is 0 Å². The molecule has 0 saturated carbocycles. The van der Waals surface area contributed by atoms with Gasteiger partial charge in [-0.15, -0.1) is 0 Å². The second kappa shape index (κ2) is 8.47. The summed E-state index contributed by atoms with van der Waals surface area (Å²) < 4.78 is 11.4. The van der Waals surface area contributed by atoms with E-state index in [1.807, 2.05) is 0 Å². The van der Waals surface area contributed by atoms with Gasteiger partial charge in [-0.2, -0.15) is 0 Å². The topological polar surface area (TPSA) is 47.7 Å². The van der Waals surface area contributed by atoms with Gasteiger partial charge < -0.3 is 15.2 Å². The third-order valence-electron chi connectivity index (χ3n) is 5.38. The Bertz CT molecular complexity index is 297. The van der Waals surface area contributed by atoms with Crippen molar-refractivity contribution in [3.8, 4) is 0 Å². The van der Waals surface area contributed by atoms with Crippen LogP contribution in [0.5, 0.6) is 0 Å². The van der Waals surface area contributed by atoms with Gasteiger partial charge in [-0.05, 0) is 39.0 Å². The summed E-state index contributed by atoms with van der Waals surface area (Å²) in [5, 5.41) is 0. The van der Waals surface area contributed by atoms with Crippen LogP contribution in [0.4, 0.5) is 0 Å². The van der Waals surface area contributed by atoms with E-state index in [1.54, 1.807) is 7.11 Å². The number of hydrogen-bond acceptors (Lipinski definition) is 4. The molecule has 21 heavy (non-hydrogen) atoms. The first-order valence-corrected chi connectivity index (χ1v) is 8.60. The molecule has 1 saturated heterocycles. The van der Waals surface area contributed by atoms with Gasteiger partial charge in [0.1, 0.15) is 0 Å². The van der Waals surface area contributed by atoms with Crippen LogP contribution in [-0.2, 0) is 9.47 Å². The summed E-state index contributed by atoms with van der Waals surface area (Å²) >= 11 is 0. The molecule has 1 aliphatic rings. The van der Waals surface area contributed by atoms with Crippen molar-refractivity contribution >= 4 is 0 Å². The lowest BCUT2D eigenvalue weighted by atomic mass is 9.77. The van der Waals surface area contributed by atoms with Crippen LogP contribution < -0.4 is 5.73 Å². The first-order chi connectivity index (χ1) is 10.0. The Morgan fingerprint density at radius 2 is 1.95 bits per heavy atom. The average molecular weight is 300 g/mol. The lowest BCUT2D eigenvalue weighted by Crippen LogP contribution is -2.64. The van der Waals surface area contributed by atoms with E-state index in [-0.39, 0.29) is 11.1 Å². The first-order valence-electron chi connectivity index (χ1n) is 8.60. The Balaban J connectivity index is 3.02. The van der Waals surface area contributed by atoms with Gasteiger partial charge in [0.15, 0.2) is 0 Å². The largest absolute Gasteiger partial charge is 0.383 e. The molecule has 1 heterocycles. The van der Waals surface area contributed by atoms with Crippen molar-refractivity contribution in [2.45, 2.75) is 77.0 Å². The van der Waals surface area contributed by atoms with Crippen molar-refractivity contribution < 1.29 is 9.47 Å². The van der Waals surface area contributed by atoms with E-state index >= 15 is 0 Å². The Labute approximate surface area is 131 Å². The van der Waals surface area contributed by atoms with Crippen LogP contribution in [0.3, 0.4) is 0 Å².